The van der Waals surface area contributed by atoms with E-state index in [4.69, 9.17) is 0 Å². The van der Waals surface area contributed by atoms with E-state index in [0.717, 1.165) is 18.5 Å². The molecule has 144 valence electrons. The van der Waals surface area contributed by atoms with Gasteiger partial charge in [-0.2, -0.15) is 5.10 Å². The van der Waals surface area contributed by atoms with Gasteiger partial charge in [0, 0.05) is 18.6 Å². The standard InChI is InChI=1S/C22H28FN3O/c1-2-3-4-5-6-7-8-15-26-16-13-20(14-17-26)22(27)25-24-18-19-9-11-21(23)12-10-19/h9-14,16-18H,2-8,15H2,1H3/p+1. The molecule has 1 amide bonds. The van der Waals surface area contributed by atoms with E-state index in [1.54, 1.807) is 24.3 Å². The van der Waals surface area contributed by atoms with Crippen LogP contribution in [-0.4, -0.2) is 12.1 Å². The number of amides is 1. The van der Waals surface area contributed by atoms with Crippen LogP contribution in [0.2, 0.25) is 0 Å². The molecule has 0 atom stereocenters. The monoisotopic (exact) mass is 370 g/mol. The number of aromatic nitrogens is 1. The number of nitrogens with one attached hydrogen (secondary N) is 1. The highest BCUT2D eigenvalue weighted by molar-refractivity contribution is 5.94. The third-order valence-corrected chi connectivity index (χ3v) is 4.42. The van der Waals surface area contributed by atoms with Gasteiger partial charge in [-0.15, -0.1) is 0 Å². The van der Waals surface area contributed by atoms with Crippen molar-refractivity contribution >= 4 is 12.1 Å². The van der Waals surface area contributed by atoms with Crippen molar-refractivity contribution in [1.82, 2.24) is 5.43 Å². The first-order chi connectivity index (χ1) is 13.2. The average Bonchev–Trinajstić information content (AvgIpc) is 2.69. The van der Waals surface area contributed by atoms with E-state index in [9.17, 15) is 9.18 Å². The molecule has 5 heteroatoms. The zero-order valence-corrected chi connectivity index (χ0v) is 16.0. The zero-order valence-electron chi connectivity index (χ0n) is 16.0. The summed E-state index contributed by atoms with van der Waals surface area (Å²) in [5.74, 6) is -0.568. The SMILES string of the molecule is CCCCCCCCC[n+]1ccc(C(=O)NN=Cc2ccc(F)cc2)cc1. The molecule has 0 saturated carbocycles. The molecule has 0 aliphatic carbocycles. The van der Waals surface area contributed by atoms with Crippen molar-refractivity contribution in [3.05, 3.63) is 65.7 Å². The zero-order chi connectivity index (χ0) is 19.3. The van der Waals surface area contributed by atoms with Gasteiger partial charge in [0.15, 0.2) is 12.4 Å². The Kier molecular flexibility index (Phi) is 9.18. The van der Waals surface area contributed by atoms with Crippen molar-refractivity contribution in [2.75, 3.05) is 0 Å². The second-order valence-corrected chi connectivity index (χ2v) is 6.70. The number of unbranched alkanes of at least 4 members (excludes halogenated alkanes) is 6. The number of aryl methyl sites for hydroxylation is 1. The summed E-state index contributed by atoms with van der Waals surface area (Å²) in [5.41, 5.74) is 3.76. The number of carbonyl (C=O) groups is 1. The van der Waals surface area contributed by atoms with Crippen LogP contribution >= 0.6 is 0 Å². The topological polar surface area (TPSA) is 45.3 Å². The van der Waals surface area contributed by atoms with E-state index < -0.39 is 0 Å². The van der Waals surface area contributed by atoms with Crippen LogP contribution < -0.4 is 9.99 Å². The van der Waals surface area contributed by atoms with E-state index in [1.165, 1.54) is 56.9 Å². The molecule has 0 fully saturated rings. The van der Waals surface area contributed by atoms with Crippen molar-refractivity contribution in [3.8, 4) is 0 Å². The molecule has 0 saturated heterocycles. The Morgan fingerprint density at radius 1 is 1.00 bits per heavy atom. The minimum atomic E-state index is -0.301. The minimum Gasteiger partial charge on any atom is -0.267 e. The Morgan fingerprint density at radius 2 is 1.63 bits per heavy atom. The van der Waals surface area contributed by atoms with Crippen LogP contribution in [0.1, 0.15) is 67.8 Å². The molecule has 1 heterocycles. The lowest BCUT2D eigenvalue weighted by atomic mass is 10.1. The van der Waals surface area contributed by atoms with Gasteiger partial charge >= 0.3 is 0 Å². The van der Waals surface area contributed by atoms with Gasteiger partial charge in [-0.3, -0.25) is 4.79 Å². The molecule has 1 N–H and O–H groups in total. The van der Waals surface area contributed by atoms with Gasteiger partial charge in [-0.05, 0) is 24.1 Å². The van der Waals surface area contributed by atoms with E-state index in [0.29, 0.717) is 5.56 Å². The van der Waals surface area contributed by atoms with Crippen LogP contribution in [0, 0.1) is 5.82 Å². The summed E-state index contributed by atoms with van der Waals surface area (Å²) in [7, 11) is 0. The highest BCUT2D eigenvalue weighted by Gasteiger charge is 2.07. The molecule has 0 aliphatic rings. The summed E-state index contributed by atoms with van der Waals surface area (Å²) in [6.45, 7) is 3.21. The van der Waals surface area contributed by atoms with Gasteiger partial charge < -0.3 is 0 Å². The maximum atomic E-state index is 12.8. The van der Waals surface area contributed by atoms with Crippen molar-refractivity contribution in [2.24, 2.45) is 5.10 Å². The Bertz CT molecular complexity index is 711. The van der Waals surface area contributed by atoms with Gasteiger partial charge in [0.2, 0.25) is 0 Å². The smallest absolute Gasteiger partial charge is 0.267 e. The van der Waals surface area contributed by atoms with E-state index in [-0.39, 0.29) is 11.7 Å². The van der Waals surface area contributed by atoms with Crippen LogP contribution in [0.15, 0.2) is 53.9 Å². The Hall–Kier alpha value is -2.56. The predicted octanol–water partition coefficient (Wildman–Crippen LogP) is 4.63. The molecule has 0 bridgehead atoms. The van der Waals surface area contributed by atoms with Crippen molar-refractivity contribution in [3.63, 3.8) is 0 Å². The van der Waals surface area contributed by atoms with Gasteiger partial charge in [0.25, 0.3) is 5.91 Å². The van der Waals surface area contributed by atoms with Crippen LogP contribution in [0.5, 0.6) is 0 Å². The molecular formula is C22H29FN3O+. The highest BCUT2D eigenvalue weighted by atomic mass is 19.1. The fraction of sp³-hybridized carbons (Fsp3) is 0.409. The summed E-state index contributed by atoms with van der Waals surface area (Å²) in [6.07, 6.45) is 14.3. The highest BCUT2D eigenvalue weighted by Crippen LogP contribution is 2.06. The van der Waals surface area contributed by atoms with Crippen LogP contribution in [0.4, 0.5) is 4.39 Å². The largest absolute Gasteiger partial charge is 0.271 e. The number of rotatable bonds is 11. The van der Waals surface area contributed by atoms with Gasteiger partial charge in [-0.25, -0.2) is 14.4 Å². The van der Waals surface area contributed by atoms with E-state index >= 15 is 0 Å². The fourth-order valence-electron chi connectivity index (χ4n) is 2.79. The normalized spacial score (nSPS) is 11.0. The lowest BCUT2D eigenvalue weighted by molar-refractivity contribution is -0.697. The lowest BCUT2D eigenvalue weighted by Gasteiger charge is -2.01. The number of hydrogen-bond donors (Lipinski definition) is 1. The maximum absolute atomic E-state index is 12.8. The molecule has 2 rings (SSSR count). The average molecular weight is 370 g/mol. The Labute approximate surface area is 161 Å². The molecule has 1 aromatic carbocycles. The third kappa shape index (κ3) is 8.11. The molecule has 0 spiro atoms. The number of nitrogens with zero attached hydrogens (tertiary/aromatic N) is 2. The second kappa shape index (κ2) is 11.9. The van der Waals surface area contributed by atoms with Crippen LogP contribution in [0.25, 0.3) is 0 Å². The lowest BCUT2D eigenvalue weighted by Crippen LogP contribution is -2.33. The molecule has 0 unspecified atom stereocenters. The van der Waals surface area contributed by atoms with Crippen molar-refractivity contribution < 1.29 is 13.8 Å². The summed E-state index contributed by atoms with van der Waals surface area (Å²) in [6, 6.07) is 9.49. The molecule has 1 aromatic heterocycles. The molecule has 0 radical (unpaired) electrons. The Morgan fingerprint density at radius 3 is 2.30 bits per heavy atom. The Balaban J connectivity index is 1.70. The van der Waals surface area contributed by atoms with Crippen molar-refractivity contribution in [1.29, 1.82) is 0 Å². The predicted molar refractivity (Wildman–Crippen MR) is 106 cm³/mol. The number of pyridine rings is 1. The van der Waals surface area contributed by atoms with Gasteiger partial charge in [0.05, 0.1) is 11.8 Å². The summed E-state index contributed by atoms with van der Waals surface area (Å²) < 4.78 is 14.9. The number of halogens is 1. The number of carbonyl (C=O) groups excluding carboxylic acids is 1. The minimum absolute atomic E-state index is 0.267. The molecular weight excluding hydrogens is 341 g/mol. The number of benzene rings is 1. The quantitative estimate of drug-likeness (QED) is 0.267. The summed E-state index contributed by atoms with van der Waals surface area (Å²) in [4.78, 5) is 12.1. The first-order valence-corrected chi connectivity index (χ1v) is 9.77. The fourth-order valence-corrected chi connectivity index (χ4v) is 2.79. The number of hydrazone groups is 1. The van der Waals surface area contributed by atoms with Crippen molar-refractivity contribution in [2.45, 2.75) is 58.4 Å². The van der Waals surface area contributed by atoms with E-state index in [2.05, 4.69) is 22.0 Å². The van der Waals surface area contributed by atoms with Crippen LogP contribution in [-0.2, 0) is 6.54 Å². The maximum Gasteiger partial charge on any atom is 0.271 e. The van der Waals surface area contributed by atoms with Gasteiger partial charge in [0.1, 0.15) is 12.4 Å². The van der Waals surface area contributed by atoms with E-state index in [1.807, 2.05) is 12.4 Å². The molecule has 27 heavy (non-hydrogen) atoms. The van der Waals surface area contributed by atoms with Crippen LogP contribution in [0.3, 0.4) is 0 Å². The molecule has 0 aliphatic heterocycles. The molecule has 2 aromatic rings. The van der Waals surface area contributed by atoms with Gasteiger partial charge in [-0.1, -0.05) is 51.2 Å². The number of hydrogen-bond acceptors (Lipinski definition) is 2. The summed E-state index contributed by atoms with van der Waals surface area (Å²) >= 11 is 0. The third-order valence-electron chi connectivity index (χ3n) is 4.42. The molecule has 4 nitrogen and oxygen atoms in total. The second-order valence-electron chi connectivity index (χ2n) is 6.70. The first kappa shape index (κ1) is 20.7. The first-order valence-electron chi connectivity index (χ1n) is 9.77. The summed E-state index contributed by atoms with van der Waals surface area (Å²) in [5, 5.41) is 3.91.